The third-order valence-corrected chi connectivity index (χ3v) is 3.12. The van der Waals surface area contributed by atoms with Crippen LogP contribution in [0.3, 0.4) is 0 Å². The lowest BCUT2D eigenvalue weighted by Crippen LogP contribution is -2.27. The molecule has 0 aromatic heterocycles. The summed E-state index contributed by atoms with van der Waals surface area (Å²) in [4.78, 5) is 0. The molecule has 0 aromatic carbocycles. The van der Waals surface area contributed by atoms with Crippen LogP contribution in [0.15, 0.2) is 0 Å². The Morgan fingerprint density at radius 2 is 1.91 bits per heavy atom. The van der Waals surface area contributed by atoms with Gasteiger partial charge in [-0.3, -0.25) is 0 Å². The van der Waals surface area contributed by atoms with Gasteiger partial charge in [-0.15, -0.1) is 0 Å². The van der Waals surface area contributed by atoms with E-state index < -0.39 is 5.67 Å². The molecule has 1 aliphatic rings. The third-order valence-electron chi connectivity index (χ3n) is 3.12. The van der Waals surface area contributed by atoms with Crippen LogP contribution in [0.5, 0.6) is 0 Å². The van der Waals surface area contributed by atoms with Gasteiger partial charge in [0.05, 0.1) is 0 Å². The summed E-state index contributed by atoms with van der Waals surface area (Å²) in [5.41, 5.74) is -0.870. The average Bonchev–Trinajstić information content (AvgIpc) is 2.61. The van der Waals surface area contributed by atoms with Gasteiger partial charge in [0.1, 0.15) is 5.67 Å². The summed E-state index contributed by atoms with van der Waals surface area (Å²) in [6, 6.07) is 0. The number of unbranched alkanes of at least 4 members (excludes halogenated alkanes) is 1. The Kier molecular flexibility index (Phi) is 2.27. The maximum atomic E-state index is 13.6. The van der Waals surface area contributed by atoms with Gasteiger partial charge in [-0.25, -0.2) is 4.39 Å². The Hall–Kier alpha value is -0.0700. The zero-order chi connectivity index (χ0) is 8.54. The van der Waals surface area contributed by atoms with Crippen LogP contribution in [0, 0.1) is 5.41 Å². The lowest BCUT2D eigenvalue weighted by molar-refractivity contribution is 0.0959. The molecule has 0 aliphatic heterocycles. The van der Waals surface area contributed by atoms with Gasteiger partial charge in [-0.2, -0.15) is 0 Å². The molecule has 1 saturated carbocycles. The van der Waals surface area contributed by atoms with Crippen molar-refractivity contribution < 1.29 is 4.39 Å². The maximum Gasteiger partial charge on any atom is 0.111 e. The second-order valence-corrected chi connectivity index (χ2v) is 4.36. The van der Waals surface area contributed by atoms with Crippen LogP contribution in [0.25, 0.3) is 0 Å². The molecule has 0 spiro atoms. The Labute approximate surface area is 69.2 Å². The van der Waals surface area contributed by atoms with Gasteiger partial charge >= 0.3 is 0 Å². The molecule has 0 aromatic rings. The van der Waals surface area contributed by atoms with Crippen molar-refractivity contribution in [1.29, 1.82) is 0 Å². The number of hydrogen-bond donors (Lipinski definition) is 0. The monoisotopic (exact) mass is 158 g/mol. The lowest BCUT2D eigenvalue weighted by Gasteiger charge is -2.26. The molecule has 0 saturated heterocycles. The van der Waals surface area contributed by atoms with Crippen molar-refractivity contribution in [2.24, 2.45) is 5.41 Å². The van der Waals surface area contributed by atoms with Crippen molar-refractivity contribution in [3.63, 3.8) is 0 Å². The fourth-order valence-electron chi connectivity index (χ4n) is 1.81. The molecular formula is C10H19F. The summed E-state index contributed by atoms with van der Waals surface area (Å²) in [6.07, 6.45) is 5.69. The standard InChI is InChI=1S/C10H19F/c1-4-5-6-10(7-8-10)9(2,3)11/h4-8H2,1-3H3. The largest absolute Gasteiger partial charge is 0.244 e. The number of alkyl halides is 1. The predicted octanol–water partition coefficient (Wildman–Crippen LogP) is 3.70. The SMILES string of the molecule is CCCCC1(C(C)(C)F)CC1. The van der Waals surface area contributed by atoms with Gasteiger partial charge in [-0.1, -0.05) is 19.8 Å². The van der Waals surface area contributed by atoms with Gasteiger partial charge in [0.2, 0.25) is 0 Å². The molecule has 0 heterocycles. The van der Waals surface area contributed by atoms with Crippen LogP contribution in [0.2, 0.25) is 0 Å². The molecule has 0 nitrogen and oxygen atoms in total. The highest BCUT2D eigenvalue weighted by Crippen LogP contribution is 2.58. The van der Waals surface area contributed by atoms with Crippen molar-refractivity contribution in [2.75, 3.05) is 0 Å². The lowest BCUT2D eigenvalue weighted by atomic mass is 9.85. The first-order chi connectivity index (χ1) is 5.02. The van der Waals surface area contributed by atoms with E-state index in [1.807, 2.05) is 0 Å². The van der Waals surface area contributed by atoms with E-state index in [0.29, 0.717) is 0 Å². The van der Waals surface area contributed by atoms with E-state index in [4.69, 9.17) is 0 Å². The summed E-state index contributed by atoms with van der Waals surface area (Å²) < 4.78 is 13.6. The molecule has 0 radical (unpaired) electrons. The fraction of sp³-hybridized carbons (Fsp3) is 1.00. The number of halogens is 1. The van der Waals surface area contributed by atoms with E-state index in [1.54, 1.807) is 13.8 Å². The van der Waals surface area contributed by atoms with E-state index in [9.17, 15) is 4.39 Å². The first kappa shape index (κ1) is 9.02. The zero-order valence-electron chi connectivity index (χ0n) is 7.91. The van der Waals surface area contributed by atoms with Gasteiger partial charge in [-0.05, 0) is 33.1 Å². The fourth-order valence-corrected chi connectivity index (χ4v) is 1.81. The molecular weight excluding hydrogens is 139 g/mol. The van der Waals surface area contributed by atoms with Crippen LogP contribution >= 0.6 is 0 Å². The topological polar surface area (TPSA) is 0 Å². The van der Waals surface area contributed by atoms with Crippen molar-refractivity contribution in [3.05, 3.63) is 0 Å². The smallest absolute Gasteiger partial charge is 0.111 e. The minimum Gasteiger partial charge on any atom is -0.244 e. The van der Waals surface area contributed by atoms with Crippen molar-refractivity contribution in [3.8, 4) is 0 Å². The Balaban J connectivity index is 2.41. The van der Waals surface area contributed by atoms with E-state index in [1.165, 1.54) is 12.8 Å². The summed E-state index contributed by atoms with van der Waals surface area (Å²) in [5.74, 6) is 0. The van der Waals surface area contributed by atoms with Crippen LogP contribution in [-0.2, 0) is 0 Å². The van der Waals surface area contributed by atoms with E-state index >= 15 is 0 Å². The molecule has 0 amide bonds. The van der Waals surface area contributed by atoms with Crippen LogP contribution in [0.4, 0.5) is 4.39 Å². The van der Waals surface area contributed by atoms with Crippen LogP contribution < -0.4 is 0 Å². The minimum absolute atomic E-state index is 0.0724. The van der Waals surface area contributed by atoms with E-state index in [-0.39, 0.29) is 5.41 Å². The highest BCUT2D eigenvalue weighted by atomic mass is 19.1. The Morgan fingerprint density at radius 1 is 1.36 bits per heavy atom. The zero-order valence-corrected chi connectivity index (χ0v) is 7.91. The molecule has 0 bridgehead atoms. The number of rotatable bonds is 4. The Morgan fingerprint density at radius 3 is 2.18 bits per heavy atom. The van der Waals surface area contributed by atoms with Gasteiger partial charge in [0.15, 0.2) is 0 Å². The minimum atomic E-state index is -0.942. The van der Waals surface area contributed by atoms with E-state index in [2.05, 4.69) is 6.92 Å². The summed E-state index contributed by atoms with van der Waals surface area (Å²) >= 11 is 0. The maximum absolute atomic E-state index is 13.6. The van der Waals surface area contributed by atoms with Crippen molar-refractivity contribution in [2.45, 2.75) is 58.5 Å². The molecule has 1 fully saturated rings. The van der Waals surface area contributed by atoms with E-state index in [0.717, 1.165) is 19.3 Å². The summed E-state index contributed by atoms with van der Waals surface area (Å²) in [5, 5.41) is 0. The summed E-state index contributed by atoms with van der Waals surface area (Å²) in [6.45, 7) is 5.63. The first-order valence-electron chi connectivity index (χ1n) is 4.71. The number of hydrogen-bond acceptors (Lipinski definition) is 0. The molecule has 1 aliphatic carbocycles. The van der Waals surface area contributed by atoms with Gasteiger partial charge < -0.3 is 0 Å². The molecule has 0 atom stereocenters. The third kappa shape index (κ3) is 1.74. The molecule has 1 heteroatoms. The van der Waals surface area contributed by atoms with Gasteiger partial charge in [0.25, 0.3) is 0 Å². The second kappa shape index (κ2) is 2.76. The quantitative estimate of drug-likeness (QED) is 0.585. The molecule has 0 N–H and O–H groups in total. The molecule has 0 unspecified atom stereocenters. The highest BCUT2D eigenvalue weighted by Gasteiger charge is 2.53. The molecule has 1 rings (SSSR count). The van der Waals surface area contributed by atoms with Crippen LogP contribution in [0.1, 0.15) is 52.9 Å². The summed E-state index contributed by atoms with van der Waals surface area (Å²) in [7, 11) is 0. The first-order valence-corrected chi connectivity index (χ1v) is 4.71. The van der Waals surface area contributed by atoms with Crippen LogP contribution in [-0.4, -0.2) is 5.67 Å². The highest BCUT2D eigenvalue weighted by molar-refractivity contribution is 5.03. The van der Waals surface area contributed by atoms with Crippen molar-refractivity contribution in [1.82, 2.24) is 0 Å². The predicted molar refractivity (Wildman–Crippen MR) is 46.4 cm³/mol. The van der Waals surface area contributed by atoms with Gasteiger partial charge in [0, 0.05) is 5.41 Å². The molecule has 11 heavy (non-hydrogen) atoms. The second-order valence-electron chi connectivity index (χ2n) is 4.36. The Bertz CT molecular complexity index is 128. The van der Waals surface area contributed by atoms with Crippen molar-refractivity contribution >= 4 is 0 Å². The molecule has 66 valence electrons. The normalized spacial score (nSPS) is 21.8. The average molecular weight is 158 g/mol.